The number of halogens is 4. The number of hydrogen-bond donors (Lipinski definition) is 1. The van der Waals surface area contributed by atoms with E-state index in [1.807, 2.05) is 0 Å². The fourth-order valence-electron chi connectivity index (χ4n) is 2.03. The molecule has 2 nitrogen and oxygen atoms in total. The van der Waals surface area contributed by atoms with Crippen molar-refractivity contribution in [3.8, 4) is 0 Å². The SMILES string of the molecule is Fc1ccc(C(F)(F)F)cc1COC1CCNCC1. The van der Waals surface area contributed by atoms with E-state index in [4.69, 9.17) is 4.74 Å². The lowest BCUT2D eigenvalue weighted by Crippen LogP contribution is -2.32. The largest absolute Gasteiger partial charge is 0.416 e. The van der Waals surface area contributed by atoms with Crippen LogP contribution in [0.15, 0.2) is 18.2 Å². The molecule has 0 radical (unpaired) electrons. The molecule has 0 saturated carbocycles. The second kappa shape index (κ2) is 5.88. The minimum atomic E-state index is -4.46. The summed E-state index contributed by atoms with van der Waals surface area (Å²) >= 11 is 0. The molecule has 0 aromatic heterocycles. The first-order valence-electron chi connectivity index (χ1n) is 6.15. The summed E-state index contributed by atoms with van der Waals surface area (Å²) < 4.78 is 56.5. The summed E-state index contributed by atoms with van der Waals surface area (Å²) in [5, 5.41) is 3.15. The summed E-state index contributed by atoms with van der Waals surface area (Å²) in [6.07, 6.45) is -2.89. The molecule has 0 atom stereocenters. The molecule has 6 heteroatoms. The minimum Gasteiger partial charge on any atom is -0.373 e. The van der Waals surface area contributed by atoms with Crippen molar-refractivity contribution in [3.05, 3.63) is 35.1 Å². The van der Waals surface area contributed by atoms with Gasteiger partial charge in [0.1, 0.15) is 5.82 Å². The summed E-state index contributed by atoms with van der Waals surface area (Å²) in [7, 11) is 0. The number of nitrogens with one attached hydrogen (secondary N) is 1. The highest BCUT2D eigenvalue weighted by Crippen LogP contribution is 2.30. The van der Waals surface area contributed by atoms with Gasteiger partial charge in [-0.1, -0.05) is 0 Å². The lowest BCUT2D eigenvalue weighted by molar-refractivity contribution is -0.137. The number of piperidine rings is 1. The second-order valence-corrected chi connectivity index (χ2v) is 4.56. The van der Waals surface area contributed by atoms with Gasteiger partial charge < -0.3 is 10.1 Å². The van der Waals surface area contributed by atoms with Gasteiger partial charge in [-0.2, -0.15) is 13.2 Å². The van der Waals surface area contributed by atoms with Crippen LogP contribution in [0.25, 0.3) is 0 Å². The van der Waals surface area contributed by atoms with Crippen LogP contribution >= 0.6 is 0 Å². The lowest BCUT2D eigenvalue weighted by Gasteiger charge is -2.23. The molecule has 1 fully saturated rings. The monoisotopic (exact) mass is 277 g/mol. The van der Waals surface area contributed by atoms with Crippen molar-refractivity contribution in [2.45, 2.75) is 31.7 Å². The maximum Gasteiger partial charge on any atom is 0.416 e. The van der Waals surface area contributed by atoms with Crippen molar-refractivity contribution in [2.24, 2.45) is 0 Å². The molecule has 0 unspecified atom stereocenters. The van der Waals surface area contributed by atoms with Gasteiger partial charge in [0.25, 0.3) is 0 Å². The Morgan fingerprint density at radius 1 is 1.21 bits per heavy atom. The summed E-state index contributed by atoms with van der Waals surface area (Å²) in [6, 6.07) is 2.39. The number of alkyl halides is 3. The van der Waals surface area contributed by atoms with Crippen molar-refractivity contribution in [1.82, 2.24) is 5.32 Å². The minimum absolute atomic E-state index is 0.0183. The van der Waals surface area contributed by atoms with Crippen LogP contribution in [0, 0.1) is 5.82 Å². The molecule has 19 heavy (non-hydrogen) atoms. The van der Waals surface area contributed by atoms with Crippen LogP contribution in [-0.2, 0) is 17.5 Å². The van der Waals surface area contributed by atoms with E-state index in [-0.39, 0.29) is 18.3 Å². The molecule has 1 saturated heterocycles. The summed E-state index contributed by atoms with van der Waals surface area (Å²) in [4.78, 5) is 0. The summed E-state index contributed by atoms with van der Waals surface area (Å²) in [6.45, 7) is 1.51. The van der Waals surface area contributed by atoms with Crippen molar-refractivity contribution in [1.29, 1.82) is 0 Å². The highest BCUT2D eigenvalue weighted by Gasteiger charge is 2.31. The average Bonchev–Trinajstić information content (AvgIpc) is 2.37. The first-order valence-corrected chi connectivity index (χ1v) is 6.15. The topological polar surface area (TPSA) is 21.3 Å². The first-order chi connectivity index (χ1) is 8.97. The van der Waals surface area contributed by atoms with Gasteiger partial charge in [0.05, 0.1) is 18.3 Å². The zero-order valence-corrected chi connectivity index (χ0v) is 10.3. The van der Waals surface area contributed by atoms with Crippen molar-refractivity contribution in [2.75, 3.05) is 13.1 Å². The number of rotatable bonds is 3. The van der Waals surface area contributed by atoms with Gasteiger partial charge in [-0.3, -0.25) is 0 Å². The fraction of sp³-hybridized carbons (Fsp3) is 0.538. The fourth-order valence-corrected chi connectivity index (χ4v) is 2.03. The quantitative estimate of drug-likeness (QED) is 0.857. The second-order valence-electron chi connectivity index (χ2n) is 4.56. The van der Waals surface area contributed by atoms with Gasteiger partial charge in [-0.25, -0.2) is 4.39 Å². The molecule has 0 aliphatic carbocycles. The van der Waals surface area contributed by atoms with E-state index < -0.39 is 17.6 Å². The van der Waals surface area contributed by atoms with Crippen LogP contribution < -0.4 is 5.32 Å². The van der Waals surface area contributed by atoms with E-state index >= 15 is 0 Å². The van der Waals surface area contributed by atoms with Gasteiger partial charge in [0.15, 0.2) is 0 Å². The Kier molecular flexibility index (Phi) is 4.42. The molecule has 0 spiro atoms. The normalized spacial score (nSPS) is 17.7. The Labute approximate surface area is 108 Å². The maximum absolute atomic E-state index is 13.5. The van der Waals surface area contributed by atoms with E-state index in [1.54, 1.807) is 0 Å². The predicted molar refractivity (Wildman–Crippen MR) is 62.1 cm³/mol. The van der Waals surface area contributed by atoms with E-state index in [1.165, 1.54) is 0 Å². The van der Waals surface area contributed by atoms with Crippen molar-refractivity contribution < 1.29 is 22.3 Å². The van der Waals surface area contributed by atoms with Crippen LogP contribution in [0.4, 0.5) is 17.6 Å². The molecule has 1 heterocycles. The van der Waals surface area contributed by atoms with Gasteiger partial charge in [-0.15, -0.1) is 0 Å². The van der Waals surface area contributed by atoms with Gasteiger partial charge >= 0.3 is 6.18 Å². The molecule has 0 bridgehead atoms. The highest BCUT2D eigenvalue weighted by atomic mass is 19.4. The number of hydrogen-bond acceptors (Lipinski definition) is 2. The van der Waals surface area contributed by atoms with Crippen LogP contribution in [-0.4, -0.2) is 19.2 Å². The number of benzene rings is 1. The molecule has 1 aliphatic heterocycles. The third-order valence-corrected chi connectivity index (χ3v) is 3.13. The Morgan fingerprint density at radius 3 is 2.53 bits per heavy atom. The molecule has 2 rings (SSSR count). The van der Waals surface area contributed by atoms with Crippen LogP contribution in [0.3, 0.4) is 0 Å². The van der Waals surface area contributed by atoms with Gasteiger partial charge in [-0.05, 0) is 44.1 Å². The molecule has 1 aromatic rings. The predicted octanol–water partition coefficient (Wildman–Crippen LogP) is 3.11. The zero-order valence-electron chi connectivity index (χ0n) is 10.3. The van der Waals surface area contributed by atoms with Gasteiger partial charge in [0, 0.05) is 5.56 Å². The average molecular weight is 277 g/mol. The Morgan fingerprint density at radius 2 is 1.89 bits per heavy atom. The molecule has 1 aliphatic rings. The molecule has 0 amide bonds. The van der Waals surface area contributed by atoms with Crippen LogP contribution in [0.2, 0.25) is 0 Å². The third kappa shape index (κ3) is 3.91. The van der Waals surface area contributed by atoms with E-state index in [0.29, 0.717) is 0 Å². The van der Waals surface area contributed by atoms with E-state index in [9.17, 15) is 17.6 Å². The molecule has 1 aromatic carbocycles. The zero-order chi connectivity index (χ0) is 13.9. The maximum atomic E-state index is 13.5. The van der Waals surface area contributed by atoms with Crippen molar-refractivity contribution >= 4 is 0 Å². The third-order valence-electron chi connectivity index (χ3n) is 3.13. The van der Waals surface area contributed by atoms with Crippen molar-refractivity contribution in [3.63, 3.8) is 0 Å². The molecular weight excluding hydrogens is 262 g/mol. The lowest BCUT2D eigenvalue weighted by atomic mass is 10.1. The Balaban J connectivity index is 2.02. The Hall–Kier alpha value is -1.14. The first kappa shape index (κ1) is 14.3. The summed E-state index contributed by atoms with van der Waals surface area (Å²) in [5.74, 6) is -0.665. The van der Waals surface area contributed by atoms with Gasteiger partial charge in [0.2, 0.25) is 0 Å². The van der Waals surface area contributed by atoms with E-state index in [2.05, 4.69) is 5.32 Å². The smallest absolute Gasteiger partial charge is 0.373 e. The highest BCUT2D eigenvalue weighted by molar-refractivity contribution is 5.26. The molecule has 1 N–H and O–H groups in total. The van der Waals surface area contributed by atoms with Crippen LogP contribution in [0.5, 0.6) is 0 Å². The van der Waals surface area contributed by atoms with Crippen LogP contribution in [0.1, 0.15) is 24.0 Å². The molecular formula is C13H15F4NO. The van der Waals surface area contributed by atoms with E-state index in [0.717, 1.165) is 44.1 Å². The Bertz CT molecular complexity index is 427. The summed E-state index contributed by atoms with van der Waals surface area (Å²) in [5.41, 5.74) is -0.897. The standard InChI is InChI=1S/C13H15F4NO/c14-12-2-1-10(13(15,16)17)7-9(12)8-19-11-3-5-18-6-4-11/h1-2,7,11,18H,3-6,8H2. The number of ether oxygens (including phenoxy) is 1. The molecule has 106 valence electrons.